The molecule has 1 aromatic heterocycles. The molecule has 90 valence electrons. The molecule has 1 aromatic carbocycles. The Morgan fingerprint density at radius 2 is 2.06 bits per heavy atom. The minimum absolute atomic E-state index is 0.518. The van der Waals surface area contributed by atoms with Crippen molar-refractivity contribution in [1.29, 1.82) is 0 Å². The van der Waals surface area contributed by atoms with Gasteiger partial charge < -0.3 is 9.84 Å². The van der Waals surface area contributed by atoms with E-state index in [0.29, 0.717) is 28.4 Å². The first-order valence-electron chi connectivity index (χ1n) is 5.48. The first-order valence-corrected chi connectivity index (χ1v) is 5.86. The number of fused-ring (bicyclic) bond motifs is 1. The Morgan fingerprint density at radius 1 is 1.35 bits per heavy atom. The molecule has 17 heavy (non-hydrogen) atoms. The molecular formula is C13H14ClNO2. The number of benzene rings is 1. The Hall–Kier alpha value is -1.32. The van der Waals surface area contributed by atoms with E-state index in [9.17, 15) is 5.11 Å². The molecule has 0 spiro atoms. The maximum atomic E-state index is 10.0. The van der Waals surface area contributed by atoms with Crippen molar-refractivity contribution in [3.63, 3.8) is 0 Å². The molecule has 0 aliphatic heterocycles. The van der Waals surface area contributed by atoms with Crippen LogP contribution in [-0.4, -0.2) is 17.2 Å². The molecule has 2 rings (SSSR count). The summed E-state index contributed by atoms with van der Waals surface area (Å²) in [6, 6.07) is 7.37. The third kappa shape index (κ3) is 2.21. The minimum Gasteiger partial charge on any atom is -0.481 e. The summed E-state index contributed by atoms with van der Waals surface area (Å²) >= 11 is 6.13. The van der Waals surface area contributed by atoms with Gasteiger partial charge in [0.05, 0.1) is 18.7 Å². The lowest BCUT2D eigenvalue weighted by Crippen LogP contribution is -2.00. The van der Waals surface area contributed by atoms with Gasteiger partial charge in [0.1, 0.15) is 0 Å². The van der Waals surface area contributed by atoms with Gasteiger partial charge in [-0.2, -0.15) is 0 Å². The van der Waals surface area contributed by atoms with E-state index < -0.39 is 6.10 Å². The molecule has 1 atom stereocenters. The molecule has 0 amide bonds. The van der Waals surface area contributed by atoms with E-state index >= 15 is 0 Å². The van der Waals surface area contributed by atoms with E-state index in [0.717, 1.165) is 5.39 Å². The summed E-state index contributed by atoms with van der Waals surface area (Å²) in [4.78, 5) is 4.36. The Labute approximate surface area is 105 Å². The Morgan fingerprint density at radius 3 is 2.71 bits per heavy atom. The molecule has 1 N–H and O–H groups in total. The van der Waals surface area contributed by atoms with Gasteiger partial charge in [0.25, 0.3) is 0 Å². The predicted octanol–water partition coefficient (Wildman–Crippen LogP) is 3.34. The van der Waals surface area contributed by atoms with Crippen LogP contribution in [0.3, 0.4) is 0 Å². The summed E-state index contributed by atoms with van der Waals surface area (Å²) < 4.78 is 5.09. The number of rotatable bonds is 3. The van der Waals surface area contributed by atoms with E-state index in [1.807, 2.05) is 19.1 Å². The van der Waals surface area contributed by atoms with E-state index in [1.54, 1.807) is 19.2 Å². The molecular weight excluding hydrogens is 238 g/mol. The average molecular weight is 252 g/mol. The molecule has 4 heteroatoms. The topological polar surface area (TPSA) is 42.4 Å². The fourth-order valence-corrected chi connectivity index (χ4v) is 2.08. The highest BCUT2D eigenvalue weighted by atomic mass is 35.5. The van der Waals surface area contributed by atoms with Gasteiger partial charge in [-0.25, -0.2) is 4.98 Å². The lowest BCUT2D eigenvalue weighted by Gasteiger charge is -2.13. The van der Waals surface area contributed by atoms with Crippen LogP contribution in [0.25, 0.3) is 10.9 Å². The first-order chi connectivity index (χ1) is 8.17. The second-order valence-corrected chi connectivity index (χ2v) is 4.22. The molecule has 0 aliphatic carbocycles. The zero-order valence-corrected chi connectivity index (χ0v) is 10.5. The number of hydrogen-bond acceptors (Lipinski definition) is 3. The van der Waals surface area contributed by atoms with Crippen molar-refractivity contribution in [3.8, 4) is 5.88 Å². The van der Waals surface area contributed by atoms with Gasteiger partial charge in [0, 0.05) is 22.0 Å². The third-order valence-corrected chi connectivity index (χ3v) is 3.08. The number of aliphatic hydroxyl groups excluding tert-OH is 1. The Kier molecular flexibility index (Phi) is 3.50. The Bertz CT molecular complexity index is 542. The molecule has 0 saturated carbocycles. The lowest BCUT2D eigenvalue weighted by molar-refractivity contribution is 0.175. The maximum absolute atomic E-state index is 10.0. The van der Waals surface area contributed by atoms with Crippen molar-refractivity contribution in [3.05, 3.63) is 34.9 Å². The van der Waals surface area contributed by atoms with E-state index in [4.69, 9.17) is 16.3 Å². The third-order valence-electron chi connectivity index (χ3n) is 2.75. The van der Waals surface area contributed by atoms with Gasteiger partial charge in [0.15, 0.2) is 0 Å². The fourth-order valence-electron chi connectivity index (χ4n) is 1.80. The summed E-state index contributed by atoms with van der Waals surface area (Å²) in [7, 11) is 1.56. The van der Waals surface area contributed by atoms with Crippen molar-refractivity contribution in [2.45, 2.75) is 19.4 Å². The first kappa shape index (κ1) is 12.1. The predicted molar refractivity (Wildman–Crippen MR) is 68.6 cm³/mol. The summed E-state index contributed by atoms with van der Waals surface area (Å²) in [5.74, 6) is 0.518. The minimum atomic E-state index is -0.606. The van der Waals surface area contributed by atoms with Crippen molar-refractivity contribution in [2.24, 2.45) is 0 Å². The van der Waals surface area contributed by atoms with Gasteiger partial charge in [-0.1, -0.05) is 24.6 Å². The quantitative estimate of drug-likeness (QED) is 0.910. The van der Waals surface area contributed by atoms with Gasteiger partial charge in [-0.05, 0) is 18.6 Å². The highest BCUT2D eigenvalue weighted by molar-refractivity contribution is 6.32. The average Bonchev–Trinajstić information content (AvgIpc) is 2.37. The van der Waals surface area contributed by atoms with Crippen molar-refractivity contribution in [2.75, 3.05) is 7.11 Å². The highest BCUT2D eigenvalue weighted by Crippen LogP contribution is 2.32. The largest absolute Gasteiger partial charge is 0.481 e. The van der Waals surface area contributed by atoms with Crippen LogP contribution in [0.4, 0.5) is 0 Å². The number of ether oxygens (including phenoxy) is 1. The van der Waals surface area contributed by atoms with Crippen LogP contribution in [0.15, 0.2) is 24.3 Å². The number of halogens is 1. The van der Waals surface area contributed by atoms with Crippen molar-refractivity contribution < 1.29 is 9.84 Å². The summed E-state index contributed by atoms with van der Waals surface area (Å²) in [6.07, 6.45) is -0.0108. The van der Waals surface area contributed by atoms with Gasteiger partial charge >= 0.3 is 0 Å². The van der Waals surface area contributed by atoms with Crippen LogP contribution in [0, 0.1) is 0 Å². The highest BCUT2D eigenvalue weighted by Gasteiger charge is 2.15. The standard InChI is InChI=1S/C13H14ClNO2/c1-3-10(16)12-9(14)6-4-8-5-7-11(17-2)15-13(8)12/h4-7,10,16H,3H2,1-2H3. The monoisotopic (exact) mass is 251 g/mol. The smallest absolute Gasteiger partial charge is 0.213 e. The second-order valence-electron chi connectivity index (χ2n) is 3.81. The number of hydrogen-bond donors (Lipinski definition) is 1. The number of aromatic nitrogens is 1. The zero-order valence-electron chi connectivity index (χ0n) is 9.77. The molecule has 1 unspecified atom stereocenters. The summed E-state index contributed by atoms with van der Waals surface area (Å²) in [6.45, 7) is 1.90. The summed E-state index contributed by atoms with van der Waals surface area (Å²) in [5.41, 5.74) is 1.37. The zero-order chi connectivity index (χ0) is 12.4. The second kappa shape index (κ2) is 4.90. The Balaban J connectivity index is 2.73. The van der Waals surface area contributed by atoms with Crippen molar-refractivity contribution in [1.82, 2.24) is 4.98 Å². The van der Waals surface area contributed by atoms with Crippen LogP contribution in [0.5, 0.6) is 5.88 Å². The molecule has 2 aromatic rings. The molecule has 0 fully saturated rings. The number of aliphatic hydroxyl groups is 1. The van der Waals surface area contributed by atoms with Crippen LogP contribution < -0.4 is 4.74 Å². The van der Waals surface area contributed by atoms with Gasteiger partial charge in [-0.15, -0.1) is 0 Å². The van der Waals surface area contributed by atoms with Crippen LogP contribution in [0.2, 0.25) is 5.02 Å². The molecule has 1 heterocycles. The number of methoxy groups -OCH3 is 1. The van der Waals surface area contributed by atoms with E-state index in [1.165, 1.54) is 0 Å². The van der Waals surface area contributed by atoms with E-state index in [2.05, 4.69) is 4.98 Å². The number of pyridine rings is 1. The maximum Gasteiger partial charge on any atom is 0.213 e. The molecule has 3 nitrogen and oxygen atoms in total. The van der Waals surface area contributed by atoms with Crippen molar-refractivity contribution >= 4 is 22.5 Å². The number of nitrogens with zero attached hydrogens (tertiary/aromatic N) is 1. The van der Waals surface area contributed by atoms with Crippen LogP contribution >= 0.6 is 11.6 Å². The summed E-state index contributed by atoms with van der Waals surface area (Å²) in [5, 5.41) is 11.5. The van der Waals surface area contributed by atoms with Gasteiger partial charge in [-0.3, -0.25) is 0 Å². The van der Waals surface area contributed by atoms with E-state index in [-0.39, 0.29) is 0 Å². The lowest BCUT2D eigenvalue weighted by atomic mass is 10.0. The van der Waals surface area contributed by atoms with Crippen LogP contribution in [-0.2, 0) is 0 Å². The molecule has 0 bridgehead atoms. The SMILES string of the molecule is CCC(O)c1c(Cl)ccc2ccc(OC)nc12. The molecule has 0 saturated heterocycles. The van der Waals surface area contributed by atoms with Crippen LogP contribution in [0.1, 0.15) is 25.0 Å². The fraction of sp³-hybridized carbons (Fsp3) is 0.308. The normalized spacial score (nSPS) is 12.7. The molecule has 0 aliphatic rings. The van der Waals surface area contributed by atoms with Gasteiger partial charge in [0.2, 0.25) is 5.88 Å². The molecule has 0 radical (unpaired) electrons.